The number of hydrogen-bond donors (Lipinski definition) is 1. The van der Waals surface area contributed by atoms with Crippen LogP contribution >= 0.6 is 0 Å². The largest absolute Gasteiger partial charge is 0.506 e. The monoisotopic (exact) mass is 235 g/mol. The van der Waals surface area contributed by atoms with Gasteiger partial charge in [-0.15, -0.1) is 0 Å². The number of likely N-dealkylation sites (N-methyl/N-ethyl adjacent to an activating group) is 1. The van der Waals surface area contributed by atoms with Crippen LogP contribution in [0.5, 0.6) is 5.75 Å². The predicted molar refractivity (Wildman–Crippen MR) is 67.9 cm³/mol. The molecule has 1 N–H and O–H groups in total. The topological polar surface area (TPSA) is 39.6 Å². The van der Waals surface area contributed by atoms with Gasteiger partial charge in [-0.05, 0) is 33.0 Å². The Bertz CT molecular complexity index is 353. The minimum absolute atomic E-state index is 0.230. The highest BCUT2D eigenvalue weighted by Gasteiger charge is 2.26. The van der Waals surface area contributed by atoms with E-state index in [2.05, 4.69) is 35.7 Å². The first-order valence-electron chi connectivity index (χ1n) is 6.14. The van der Waals surface area contributed by atoms with Gasteiger partial charge in [-0.3, -0.25) is 14.8 Å². The lowest BCUT2D eigenvalue weighted by atomic mass is 10.1. The Labute approximate surface area is 103 Å². The average molecular weight is 235 g/mol. The summed E-state index contributed by atoms with van der Waals surface area (Å²) in [6.07, 6.45) is 1.51. The SMILES string of the molecule is CC1CN(Cc2ccc(O)cn2)CC(C)N1C. The van der Waals surface area contributed by atoms with Gasteiger partial charge in [-0.1, -0.05) is 0 Å². The summed E-state index contributed by atoms with van der Waals surface area (Å²) in [6.45, 7) is 7.52. The molecule has 2 unspecified atom stereocenters. The first-order valence-corrected chi connectivity index (χ1v) is 6.14. The van der Waals surface area contributed by atoms with Crippen molar-refractivity contribution in [1.29, 1.82) is 0 Å². The number of pyridine rings is 1. The average Bonchev–Trinajstić information content (AvgIpc) is 2.29. The third kappa shape index (κ3) is 2.96. The van der Waals surface area contributed by atoms with E-state index in [9.17, 15) is 5.11 Å². The summed E-state index contributed by atoms with van der Waals surface area (Å²) in [5.74, 6) is 0.230. The lowest BCUT2D eigenvalue weighted by molar-refractivity contribution is 0.0549. The van der Waals surface area contributed by atoms with E-state index in [4.69, 9.17) is 0 Å². The molecule has 0 radical (unpaired) electrons. The second kappa shape index (κ2) is 5.02. The molecule has 4 heteroatoms. The van der Waals surface area contributed by atoms with Crippen LogP contribution in [0.3, 0.4) is 0 Å². The third-order valence-corrected chi connectivity index (χ3v) is 3.63. The third-order valence-electron chi connectivity index (χ3n) is 3.63. The van der Waals surface area contributed by atoms with Crippen molar-refractivity contribution in [3.05, 3.63) is 24.0 Å². The van der Waals surface area contributed by atoms with Crippen molar-refractivity contribution >= 4 is 0 Å². The van der Waals surface area contributed by atoms with Gasteiger partial charge in [0.15, 0.2) is 0 Å². The molecule has 0 bridgehead atoms. The molecular weight excluding hydrogens is 214 g/mol. The summed E-state index contributed by atoms with van der Waals surface area (Å²) < 4.78 is 0. The van der Waals surface area contributed by atoms with Crippen LogP contribution in [0.1, 0.15) is 19.5 Å². The minimum atomic E-state index is 0.230. The molecule has 0 aliphatic carbocycles. The molecule has 0 amide bonds. The predicted octanol–water partition coefficient (Wildman–Crippen LogP) is 1.31. The Balaban J connectivity index is 1.98. The van der Waals surface area contributed by atoms with Crippen molar-refractivity contribution in [2.75, 3.05) is 20.1 Å². The minimum Gasteiger partial charge on any atom is -0.506 e. The van der Waals surface area contributed by atoms with E-state index < -0.39 is 0 Å². The molecule has 1 aliphatic heterocycles. The van der Waals surface area contributed by atoms with Gasteiger partial charge in [-0.25, -0.2) is 0 Å². The maximum absolute atomic E-state index is 9.20. The molecule has 1 fully saturated rings. The number of piperazine rings is 1. The Kier molecular flexibility index (Phi) is 3.64. The van der Waals surface area contributed by atoms with Crippen LogP contribution in [0, 0.1) is 0 Å². The van der Waals surface area contributed by atoms with E-state index in [0.29, 0.717) is 12.1 Å². The van der Waals surface area contributed by atoms with Gasteiger partial charge in [0.25, 0.3) is 0 Å². The molecule has 2 heterocycles. The highest BCUT2D eigenvalue weighted by Crippen LogP contribution is 2.16. The number of aromatic nitrogens is 1. The Morgan fingerprint density at radius 3 is 2.47 bits per heavy atom. The molecule has 0 saturated carbocycles. The van der Waals surface area contributed by atoms with E-state index in [1.807, 2.05) is 6.07 Å². The van der Waals surface area contributed by atoms with Crippen molar-refractivity contribution in [3.8, 4) is 5.75 Å². The van der Waals surface area contributed by atoms with Crippen molar-refractivity contribution in [2.24, 2.45) is 0 Å². The molecule has 2 atom stereocenters. The summed E-state index contributed by atoms with van der Waals surface area (Å²) in [5.41, 5.74) is 1.02. The summed E-state index contributed by atoms with van der Waals surface area (Å²) in [7, 11) is 2.19. The molecule has 17 heavy (non-hydrogen) atoms. The molecule has 1 saturated heterocycles. The zero-order chi connectivity index (χ0) is 12.4. The van der Waals surface area contributed by atoms with Gasteiger partial charge in [0.1, 0.15) is 5.75 Å². The summed E-state index contributed by atoms with van der Waals surface area (Å²) in [6, 6.07) is 4.75. The summed E-state index contributed by atoms with van der Waals surface area (Å²) in [5, 5.41) is 9.20. The van der Waals surface area contributed by atoms with E-state index in [0.717, 1.165) is 25.3 Å². The molecule has 1 aliphatic rings. The first-order chi connectivity index (χ1) is 8.06. The molecular formula is C13H21N3O. The number of aromatic hydroxyl groups is 1. The van der Waals surface area contributed by atoms with Crippen LogP contribution < -0.4 is 0 Å². The Morgan fingerprint density at radius 1 is 1.29 bits per heavy atom. The number of nitrogens with zero attached hydrogens (tertiary/aromatic N) is 3. The second-order valence-electron chi connectivity index (χ2n) is 5.07. The second-order valence-corrected chi connectivity index (χ2v) is 5.07. The van der Waals surface area contributed by atoms with Crippen molar-refractivity contribution in [1.82, 2.24) is 14.8 Å². The van der Waals surface area contributed by atoms with Crippen LogP contribution in [0.4, 0.5) is 0 Å². The maximum Gasteiger partial charge on any atom is 0.133 e. The lowest BCUT2D eigenvalue weighted by Crippen LogP contribution is -2.54. The zero-order valence-electron chi connectivity index (χ0n) is 10.8. The van der Waals surface area contributed by atoms with Crippen LogP contribution in [-0.2, 0) is 6.54 Å². The standard InChI is InChI=1S/C13H21N3O/c1-10-7-16(8-11(2)15(10)3)9-12-4-5-13(17)6-14-12/h4-6,10-11,17H,7-9H2,1-3H3. The maximum atomic E-state index is 9.20. The number of hydrogen-bond acceptors (Lipinski definition) is 4. The molecule has 1 aromatic heterocycles. The fraction of sp³-hybridized carbons (Fsp3) is 0.615. The Hall–Kier alpha value is -1.13. The quantitative estimate of drug-likeness (QED) is 0.839. The molecule has 1 aromatic rings. The van der Waals surface area contributed by atoms with Crippen LogP contribution in [0.15, 0.2) is 18.3 Å². The van der Waals surface area contributed by atoms with Crippen LogP contribution in [0.2, 0.25) is 0 Å². The van der Waals surface area contributed by atoms with E-state index >= 15 is 0 Å². The molecule has 4 nitrogen and oxygen atoms in total. The fourth-order valence-corrected chi connectivity index (χ4v) is 2.38. The van der Waals surface area contributed by atoms with Crippen LogP contribution in [0.25, 0.3) is 0 Å². The molecule has 2 rings (SSSR count). The van der Waals surface area contributed by atoms with E-state index in [1.54, 1.807) is 6.07 Å². The highest BCUT2D eigenvalue weighted by atomic mass is 16.3. The number of rotatable bonds is 2. The van der Waals surface area contributed by atoms with Gasteiger partial charge in [0.05, 0.1) is 11.9 Å². The van der Waals surface area contributed by atoms with Gasteiger partial charge in [0, 0.05) is 31.7 Å². The Morgan fingerprint density at radius 2 is 1.94 bits per heavy atom. The van der Waals surface area contributed by atoms with Crippen LogP contribution in [-0.4, -0.2) is 52.1 Å². The zero-order valence-corrected chi connectivity index (χ0v) is 10.8. The highest BCUT2D eigenvalue weighted by molar-refractivity contribution is 5.17. The van der Waals surface area contributed by atoms with E-state index in [1.165, 1.54) is 6.20 Å². The lowest BCUT2D eigenvalue weighted by Gasteiger charge is -2.42. The molecule has 0 aromatic carbocycles. The normalized spacial score (nSPS) is 27.2. The van der Waals surface area contributed by atoms with E-state index in [-0.39, 0.29) is 5.75 Å². The fourth-order valence-electron chi connectivity index (χ4n) is 2.38. The van der Waals surface area contributed by atoms with Gasteiger partial charge in [-0.2, -0.15) is 0 Å². The first kappa shape index (κ1) is 12.3. The summed E-state index contributed by atoms with van der Waals surface area (Å²) in [4.78, 5) is 9.08. The summed E-state index contributed by atoms with van der Waals surface area (Å²) >= 11 is 0. The van der Waals surface area contributed by atoms with Crippen molar-refractivity contribution in [2.45, 2.75) is 32.5 Å². The van der Waals surface area contributed by atoms with Gasteiger partial charge < -0.3 is 5.11 Å². The van der Waals surface area contributed by atoms with Crippen molar-refractivity contribution < 1.29 is 5.11 Å². The van der Waals surface area contributed by atoms with Gasteiger partial charge in [0.2, 0.25) is 0 Å². The van der Waals surface area contributed by atoms with Gasteiger partial charge >= 0.3 is 0 Å². The molecule has 94 valence electrons. The van der Waals surface area contributed by atoms with Crippen molar-refractivity contribution in [3.63, 3.8) is 0 Å². The smallest absolute Gasteiger partial charge is 0.133 e. The molecule has 0 spiro atoms.